The minimum atomic E-state index is 0.142. The van der Waals surface area contributed by atoms with E-state index in [0.29, 0.717) is 12.4 Å². The Morgan fingerprint density at radius 1 is 1.22 bits per heavy atom. The summed E-state index contributed by atoms with van der Waals surface area (Å²) in [5.41, 5.74) is 2.40. The summed E-state index contributed by atoms with van der Waals surface area (Å²) >= 11 is 0. The lowest BCUT2D eigenvalue weighted by Gasteiger charge is -2.18. The van der Waals surface area contributed by atoms with E-state index in [1.165, 1.54) is 5.56 Å². The molecule has 0 radical (unpaired) electrons. The number of rotatable bonds is 2. The standard InChI is InChI=1S/C14H16N4/c1-5-10-18-13(15-16-17-18)11-6-8-12(9-7-11)14(2,3)4/h1,6-9H,10H2,2-4H3. The summed E-state index contributed by atoms with van der Waals surface area (Å²) in [6.07, 6.45) is 5.28. The van der Waals surface area contributed by atoms with Gasteiger partial charge in [-0.05, 0) is 21.4 Å². The molecule has 1 heterocycles. The van der Waals surface area contributed by atoms with Crippen molar-refractivity contribution in [2.24, 2.45) is 0 Å². The van der Waals surface area contributed by atoms with Crippen LogP contribution in [0.25, 0.3) is 11.4 Å². The monoisotopic (exact) mass is 240 g/mol. The molecule has 1 aromatic carbocycles. The zero-order chi connectivity index (χ0) is 13.2. The second-order valence-electron chi connectivity index (χ2n) is 5.19. The van der Waals surface area contributed by atoms with Crippen LogP contribution in [-0.4, -0.2) is 20.2 Å². The molecule has 0 fully saturated rings. The molecule has 4 nitrogen and oxygen atoms in total. The average Bonchev–Trinajstić information content (AvgIpc) is 2.77. The maximum absolute atomic E-state index is 5.28. The first kappa shape index (κ1) is 12.3. The van der Waals surface area contributed by atoms with E-state index in [-0.39, 0.29) is 5.41 Å². The van der Waals surface area contributed by atoms with Crippen LogP contribution in [0.2, 0.25) is 0 Å². The maximum atomic E-state index is 5.28. The average molecular weight is 240 g/mol. The van der Waals surface area contributed by atoms with E-state index in [0.717, 1.165) is 5.56 Å². The van der Waals surface area contributed by atoms with Gasteiger partial charge in [-0.2, -0.15) is 0 Å². The van der Waals surface area contributed by atoms with Gasteiger partial charge in [0.05, 0.1) is 0 Å². The molecule has 0 aliphatic carbocycles. The fourth-order valence-electron chi connectivity index (χ4n) is 1.72. The van der Waals surface area contributed by atoms with E-state index in [9.17, 15) is 0 Å². The van der Waals surface area contributed by atoms with Crippen molar-refractivity contribution >= 4 is 0 Å². The molecule has 0 bridgehead atoms. The molecule has 18 heavy (non-hydrogen) atoms. The third kappa shape index (κ3) is 2.40. The third-order valence-electron chi connectivity index (χ3n) is 2.78. The van der Waals surface area contributed by atoms with E-state index in [4.69, 9.17) is 6.42 Å². The largest absolute Gasteiger partial charge is 0.213 e. The predicted molar refractivity (Wildman–Crippen MR) is 70.8 cm³/mol. The van der Waals surface area contributed by atoms with Gasteiger partial charge in [0.25, 0.3) is 0 Å². The van der Waals surface area contributed by atoms with Crippen molar-refractivity contribution in [3.8, 4) is 23.7 Å². The maximum Gasteiger partial charge on any atom is 0.182 e. The molecule has 2 aromatic rings. The Hall–Kier alpha value is -2.15. The Kier molecular flexibility index (Phi) is 3.15. The lowest BCUT2D eigenvalue weighted by atomic mass is 9.87. The van der Waals surface area contributed by atoms with E-state index in [1.54, 1.807) is 4.68 Å². The number of hydrogen-bond acceptors (Lipinski definition) is 3. The predicted octanol–water partition coefficient (Wildman–Crippen LogP) is 2.27. The number of tetrazole rings is 1. The lowest BCUT2D eigenvalue weighted by Crippen LogP contribution is -2.10. The van der Waals surface area contributed by atoms with Gasteiger partial charge in [-0.3, -0.25) is 0 Å². The second-order valence-corrected chi connectivity index (χ2v) is 5.19. The van der Waals surface area contributed by atoms with Crippen molar-refractivity contribution in [2.75, 3.05) is 0 Å². The van der Waals surface area contributed by atoms with Gasteiger partial charge in [0.1, 0.15) is 6.54 Å². The normalized spacial score (nSPS) is 11.2. The second kappa shape index (κ2) is 4.61. The van der Waals surface area contributed by atoms with Crippen molar-refractivity contribution < 1.29 is 0 Å². The molecule has 0 saturated carbocycles. The van der Waals surface area contributed by atoms with Crippen LogP contribution < -0.4 is 0 Å². The van der Waals surface area contributed by atoms with Crippen molar-refractivity contribution in [3.63, 3.8) is 0 Å². The van der Waals surface area contributed by atoms with Gasteiger partial charge in [-0.25, -0.2) is 4.68 Å². The molecule has 0 atom stereocenters. The van der Waals surface area contributed by atoms with Gasteiger partial charge in [-0.15, -0.1) is 11.5 Å². The van der Waals surface area contributed by atoms with Gasteiger partial charge in [-0.1, -0.05) is 51.0 Å². The van der Waals surface area contributed by atoms with Crippen molar-refractivity contribution in [3.05, 3.63) is 29.8 Å². The molecule has 0 saturated heterocycles. The zero-order valence-electron chi connectivity index (χ0n) is 10.9. The first-order valence-electron chi connectivity index (χ1n) is 5.83. The fourth-order valence-corrected chi connectivity index (χ4v) is 1.72. The Morgan fingerprint density at radius 3 is 2.44 bits per heavy atom. The summed E-state index contributed by atoms with van der Waals surface area (Å²) in [5.74, 6) is 3.24. The van der Waals surface area contributed by atoms with Gasteiger partial charge < -0.3 is 0 Å². The summed E-state index contributed by atoms with van der Waals surface area (Å²) in [6, 6.07) is 8.26. The van der Waals surface area contributed by atoms with Crippen LogP contribution in [0.1, 0.15) is 26.3 Å². The van der Waals surface area contributed by atoms with Crippen LogP contribution in [0.5, 0.6) is 0 Å². The highest BCUT2D eigenvalue weighted by atomic mass is 15.5. The van der Waals surface area contributed by atoms with Crippen LogP contribution in [-0.2, 0) is 12.0 Å². The van der Waals surface area contributed by atoms with Gasteiger partial charge in [0.15, 0.2) is 5.82 Å². The molecule has 0 aliphatic rings. The molecular weight excluding hydrogens is 224 g/mol. The lowest BCUT2D eigenvalue weighted by molar-refractivity contribution is 0.590. The molecule has 0 spiro atoms. The first-order valence-corrected chi connectivity index (χ1v) is 5.83. The quantitative estimate of drug-likeness (QED) is 0.756. The van der Waals surface area contributed by atoms with Crippen LogP contribution in [0, 0.1) is 12.3 Å². The van der Waals surface area contributed by atoms with Crippen LogP contribution >= 0.6 is 0 Å². The summed E-state index contributed by atoms with van der Waals surface area (Å²) in [7, 11) is 0. The Morgan fingerprint density at radius 2 is 1.89 bits per heavy atom. The van der Waals surface area contributed by atoms with Crippen molar-refractivity contribution in [2.45, 2.75) is 32.7 Å². The number of aromatic nitrogens is 4. The van der Waals surface area contributed by atoms with E-state index < -0.39 is 0 Å². The first-order chi connectivity index (χ1) is 8.52. The number of terminal acetylenes is 1. The number of hydrogen-bond donors (Lipinski definition) is 0. The topological polar surface area (TPSA) is 43.6 Å². The summed E-state index contributed by atoms with van der Waals surface area (Å²) in [4.78, 5) is 0. The number of nitrogens with zero attached hydrogens (tertiary/aromatic N) is 4. The molecule has 2 rings (SSSR count). The highest BCUT2D eigenvalue weighted by Crippen LogP contribution is 2.24. The molecule has 4 heteroatoms. The molecule has 1 aromatic heterocycles. The highest BCUT2D eigenvalue weighted by molar-refractivity contribution is 5.55. The summed E-state index contributed by atoms with van der Waals surface area (Å²) in [5, 5.41) is 11.5. The highest BCUT2D eigenvalue weighted by Gasteiger charge is 2.14. The Balaban J connectivity index is 2.35. The van der Waals surface area contributed by atoms with Gasteiger partial charge in [0.2, 0.25) is 0 Å². The molecular formula is C14H16N4. The van der Waals surface area contributed by atoms with E-state index >= 15 is 0 Å². The minimum Gasteiger partial charge on any atom is -0.213 e. The molecule has 0 amide bonds. The minimum absolute atomic E-state index is 0.142. The van der Waals surface area contributed by atoms with Gasteiger partial charge in [0, 0.05) is 5.56 Å². The Labute approximate surface area is 107 Å². The van der Waals surface area contributed by atoms with Gasteiger partial charge >= 0.3 is 0 Å². The van der Waals surface area contributed by atoms with Crippen LogP contribution in [0.15, 0.2) is 24.3 Å². The molecule has 0 aliphatic heterocycles. The van der Waals surface area contributed by atoms with Crippen molar-refractivity contribution in [1.29, 1.82) is 0 Å². The van der Waals surface area contributed by atoms with E-state index in [1.807, 2.05) is 12.1 Å². The fraction of sp³-hybridized carbons (Fsp3) is 0.357. The number of benzene rings is 1. The van der Waals surface area contributed by atoms with Crippen LogP contribution in [0.4, 0.5) is 0 Å². The van der Waals surface area contributed by atoms with Crippen LogP contribution in [0.3, 0.4) is 0 Å². The van der Waals surface area contributed by atoms with Crippen molar-refractivity contribution in [1.82, 2.24) is 20.2 Å². The molecule has 0 unspecified atom stereocenters. The SMILES string of the molecule is C#CCn1nnnc1-c1ccc(C(C)(C)C)cc1. The third-order valence-corrected chi connectivity index (χ3v) is 2.78. The Bertz CT molecular complexity index is 567. The molecule has 0 N–H and O–H groups in total. The zero-order valence-corrected chi connectivity index (χ0v) is 10.9. The summed E-state index contributed by atoms with van der Waals surface area (Å²) in [6.45, 7) is 6.93. The molecule has 92 valence electrons. The van der Waals surface area contributed by atoms with E-state index in [2.05, 4.69) is 54.3 Å². The smallest absolute Gasteiger partial charge is 0.182 e. The summed E-state index contributed by atoms with van der Waals surface area (Å²) < 4.78 is 1.62.